The Morgan fingerprint density at radius 2 is 1.90 bits per heavy atom. The molecule has 1 aromatic heterocycles. The lowest BCUT2D eigenvalue weighted by molar-refractivity contribution is 0.580. The Morgan fingerprint density at radius 3 is 2.48 bits per heavy atom. The zero-order valence-electron chi connectivity index (χ0n) is 11.9. The molecule has 0 aliphatic heterocycles. The van der Waals surface area contributed by atoms with Gasteiger partial charge in [-0.1, -0.05) is 24.3 Å². The topological polar surface area (TPSA) is 85.1 Å². The van der Waals surface area contributed by atoms with Crippen molar-refractivity contribution in [3.63, 3.8) is 0 Å². The van der Waals surface area contributed by atoms with Crippen LogP contribution in [0.2, 0.25) is 0 Å². The van der Waals surface area contributed by atoms with Gasteiger partial charge in [-0.05, 0) is 18.1 Å². The molecule has 0 saturated carbocycles. The number of aryl methyl sites for hydroxylation is 1. The number of nitrogens with two attached hydrogens (primary N) is 1. The average Bonchev–Trinajstić information content (AvgIpc) is 2.84. The molecule has 7 heteroatoms. The molecule has 0 amide bonds. The van der Waals surface area contributed by atoms with E-state index in [-0.39, 0.29) is 5.75 Å². The molecular formula is C14H19N3O2S2. The summed E-state index contributed by atoms with van der Waals surface area (Å²) < 4.78 is 26.6. The summed E-state index contributed by atoms with van der Waals surface area (Å²) >= 11 is 1.57. The predicted octanol–water partition coefficient (Wildman–Crippen LogP) is 1.57. The van der Waals surface area contributed by atoms with Crippen molar-refractivity contribution < 1.29 is 8.42 Å². The summed E-state index contributed by atoms with van der Waals surface area (Å²) in [5.74, 6) is -0.0199. The van der Waals surface area contributed by atoms with Crippen molar-refractivity contribution in [2.24, 2.45) is 5.73 Å². The minimum absolute atomic E-state index is 0.0199. The maximum Gasteiger partial charge on any atom is 0.215 e. The normalized spacial score (nSPS) is 11.7. The maximum atomic E-state index is 12.0. The summed E-state index contributed by atoms with van der Waals surface area (Å²) in [5.41, 5.74) is 8.18. The van der Waals surface area contributed by atoms with Gasteiger partial charge in [0.25, 0.3) is 0 Å². The zero-order chi connectivity index (χ0) is 15.3. The van der Waals surface area contributed by atoms with Gasteiger partial charge in [-0.3, -0.25) is 0 Å². The van der Waals surface area contributed by atoms with E-state index >= 15 is 0 Å². The highest BCUT2D eigenvalue weighted by Crippen LogP contribution is 2.09. The molecule has 0 bridgehead atoms. The van der Waals surface area contributed by atoms with Crippen LogP contribution in [-0.2, 0) is 28.7 Å². The first-order chi connectivity index (χ1) is 9.98. The van der Waals surface area contributed by atoms with Gasteiger partial charge in [0.1, 0.15) is 0 Å². The summed E-state index contributed by atoms with van der Waals surface area (Å²) in [6, 6.07) is 7.29. The Hall–Kier alpha value is -1.28. The number of nitrogens with zero attached hydrogens (tertiary/aromatic N) is 1. The molecule has 0 unspecified atom stereocenters. The number of aromatic nitrogens is 1. The third kappa shape index (κ3) is 5.20. The molecule has 1 heterocycles. The molecule has 0 aliphatic carbocycles. The van der Waals surface area contributed by atoms with Crippen molar-refractivity contribution >= 4 is 21.4 Å². The summed E-state index contributed by atoms with van der Waals surface area (Å²) in [7, 11) is -3.32. The molecular weight excluding hydrogens is 306 g/mol. The smallest absolute Gasteiger partial charge is 0.215 e. The first kappa shape index (κ1) is 16.1. The van der Waals surface area contributed by atoms with Crippen LogP contribution in [-0.4, -0.2) is 19.9 Å². The van der Waals surface area contributed by atoms with Crippen LogP contribution in [0.3, 0.4) is 0 Å². The Balaban J connectivity index is 1.86. The van der Waals surface area contributed by atoms with E-state index in [9.17, 15) is 8.42 Å². The van der Waals surface area contributed by atoms with E-state index in [4.69, 9.17) is 5.73 Å². The Kier molecular flexibility index (Phi) is 5.46. The van der Waals surface area contributed by atoms with Crippen molar-refractivity contribution in [1.29, 1.82) is 0 Å². The van der Waals surface area contributed by atoms with E-state index < -0.39 is 10.0 Å². The fraction of sp³-hybridized carbons (Fsp3) is 0.357. The Labute approximate surface area is 129 Å². The molecule has 114 valence electrons. The molecule has 5 nitrogen and oxygen atoms in total. The Bertz CT molecular complexity index is 678. The average molecular weight is 325 g/mol. The minimum Gasteiger partial charge on any atom is -0.326 e. The number of benzene rings is 1. The lowest BCUT2D eigenvalue weighted by atomic mass is 10.1. The van der Waals surface area contributed by atoms with E-state index in [1.165, 1.54) is 0 Å². The van der Waals surface area contributed by atoms with Crippen LogP contribution in [0.15, 0.2) is 29.6 Å². The largest absolute Gasteiger partial charge is 0.326 e. The molecule has 0 aliphatic rings. The van der Waals surface area contributed by atoms with Crippen molar-refractivity contribution in [1.82, 2.24) is 9.71 Å². The van der Waals surface area contributed by atoms with Crippen LogP contribution >= 0.6 is 11.3 Å². The van der Waals surface area contributed by atoms with Gasteiger partial charge in [0.15, 0.2) is 0 Å². The fourth-order valence-corrected chi connectivity index (χ4v) is 3.69. The highest BCUT2D eigenvalue weighted by molar-refractivity contribution is 7.88. The van der Waals surface area contributed by atoms with Crippen LogP contribution in [0.4, 0.5) is 0 Å². The van der Waals surface area contributed by atoms with Gasteiger partial charge < -0.3 is 5.73 Å². The summed E-state index contributed by atoms with van der Waals surface area (Å²) in [6.07, 6.45) is 0.607. The van der Waals surface area contributed by atoms with Gasteiger partial charge in [-0.15, -0.1) is 11.3 Å². The second-order valence-electron chi connectivity index (χ2n) is 4.78. The third-order valence-electron chi connectivity index (χ3n) is 2.99. The molecule has 0 radical (unpaired) electrons. The summed E-state index contributed by atoms with van der Waals surface area (Å²) in [4.78, 5) is 4.31. The second kappa shape index (κ2) is 7.13. The van der Waals surface area contributed by atoms with Crippen LogP contribution in [0.1, 0.15) is 21.8 Å². The lowest BCUT2D eigenvalue weighted by Gasteiger charge is -2.06. The highest BCUT2D eigenvalue weighted by atomic mass is 32.2. The highest BCUT2D eigenvalue weighted by Gasteiger charge is 2.11. The molecule has 3 N–H and O–H groups in total. The quantitative estimate of drug-likeness (QED) is 0.809. The molecule has 0 atom stereocenters. The zero-order valence-corrected chi connectivity index (χ0v) is 13.5. The van der Waals surface area contributed by atoms with E-state index in [0.717, 1.165) is 21.8 Å². The van der Waals surface area contributed by atoms with Crippen molar-refractivity contribution in [3.05, 3.63) is 51.5 Å². The van der Waals surface area contributed by atoms with E-state index in [0.29, 0.717) is 19.5 Å². The fourth-order valence-electron chi connectivity index (χ4n) is 1.90. The minimum atomic E-state index is -3.32. The molecule has 2 rings (SSSR count). The monoisotopic (exact) mass is 325 g/mol. The molecule has 0 saturated heterocycles. The number of hydrogen-bond acceptors (Lipinski definition) is 5. The molecule has 21 heavy (non-hydrogen) atoms. The molecule has 1 aromatic carbocycles. The standard InChI is InChI=1S/C14H19N3O2S2/c1-11-17-14(9-20-11)6-7-16-21(18,19)10-13-4-2-12(8-15)3-5-13/h2-5,9,16H,6-8,10,15H2,1H3. The van der Waals surface area contributed by atoms with Gasteiger partial charge in [0.2, 0.25) is 10.0 Å². The molecule has 0 fully saturated rings. The number of hydrogen-bond donors (Lipinski definition) is 2. The SMILES string of the molecule is Cc1nc(CCNS(=O)(=O)Cc2ccc(CN)cc2)cs1. The van der Waals surface area contributed by atoms with Crippen LogP contribution in [0.25, 0.3) is 0 Å². The third-order valence-corrected chi connectivity index (χ3v) is 5.16. The van der Waals surface area contributed by atoms with Gasteiger partial charge >= 0.3 is 0 Å². The number of rotatable bonds is 7. The first-order valence-corrected chi connectivity index (χ1v) is 9.18. The lowest BCUT2D eigenvalue weighted by Crippen LogP contribution is -2.27. The van der Waals surface area contributed by atoms with Gasteiger partial charge in [-0.2, -0.15) is 0 Å². The summed E-state index contributed by atoms with van der Waals surface area (Å²) in [6.45, 7) is 2.76. The van der Waals surface area contributed by atoms with E-state index in [2.05, 4.69) is 9.71 Å². The van der Waals surface area contributed by atoms with Crippen LogP contribution in [0, 0.1) is 6.92 Å². The van der Waals surface area contributed by atoms with Gasteiger partial charge in [-0.25, -0.2) is 18.1 Å². The number of nitrogens with one attached hydrogen (secondary N) is 1. The van der Waals surface area contributed by atoms with E-state index in [1.54, 1.807) is 23.5 Å². The summed E-state index contributed by atoms with van der Waals surface area (Å²) in [5, 5.41) is 2.95. The number of sulfonamides is 1. The van der Waals surface area contributed by atoms with E-state index in [1.807, 2.05) is 24.4 Å². The molecule has 0 spiro atoms. The molecule has 2 aromatic rings. The van der Waals surface area contributed by atoms with Gasteiger partial charge in [0, 0.05) is 24.9 Å². The Morgan fingerprint density at radius 1 is 1.24 bits per heavy atom. The van der Waals surface area contributed by atoms with Crippen molar-refractivity contribution in [2.45, 2.75) is 25.6 Å². The predicted molar refractivity (Wildman–Crippen MR) is 85.5 cm³/mol. The van der Waals surface area contributed by atoms with Crippen molar-refractivity contribution in [3.8, 4) is 0 Å². The first-order valence-electron chi connectivity index (χ1n) is 6.65. The number of thiazole rings is 1. The van der Waals surface area contributed by atoms with Crippen LogP contribution in [0.5, 0.6) is 0 Å². The van der Waals surface area contributed by atoms with Gasteiger partial charge in [0.05, 0.1) is 16.5 Å². The van der Waals surface area contributed by atoms with Crippen LogP contribution < -0.4 is 10.5 Å². The van der Waals surface area contributed by atoms with Crippen molar-refractivity contribution in [2.75, 3.05) is 6.54 Å². The second-order valence-corrected chi connectivity index (χ2v) is 7.65. The maximum absolute atomic E-state index is 12.0.